The van der Waals surface area contributed by atoms with Gasteiger partial charge in [-0.25, -0.2) is 4.57 Å². The van der Waals surface area contributed by atoms with Gasteiger partial charge in [0.25, 0.3) is 0 Å². The van der Waals surface area contributed by atoms with Crippen LogP contribution in [-0.2, 0) is 27.9 Å². The van der Waals surface area contributed by atoms with Gasteiger partial charge in [0.1, 0.15) is 19.3 Å². The molecule has 1 unspecified atom stereocenters. The fourth-order valence-corrected chi connectivity index (χ4v) is 6.05. The van der Waals surface area contributed by atoms with Crippen LogP contribution >= 0.6 is 7.82 Å². The number of likely N-dealkylation sites (N-methyl/N-ethyl adjacent to an activating group) is 1. The molecule has 0 saturated carbocycles. The highest BCUT2D eigenvalue weighted by Crippen LogP contribution is 2.43. The summed E-state index contributed by atoms with van der Waals surface area (Å²) in [5.74, 6) is -0.326. The van der Waals surface area contributed by atoms with Crippen molar-refractivity contribution in [3.63, 3.8) is 0 Å². The van der Waals surface area contributed by atoms with Gasteiger partial charge in [0, 0.05) is 13.0 Å². The molecule has 0 amide bonds. The van der Waals surface area contributed by atoms with E-state index in [0.717, 1.165) is 44.9 Å². The standard InChI is InChI=1S/C40H78NO7P/c1-6-8-10-12-14-16-18-20-22-24-26-28-30-32-35-45-37-39(38-47-49(43,44)46-36-34-41(3,4)5)48-40(42)33-31-29-27-25-23-21-19-17-15-13-11-9-7-2/h16-19,39H,6-15,20-38H2,1-5H3/p+1/b18-16-,19-17-/t39-/m1/s1. The van der Waals surface area contributed by atoms with Crippen LogP contribution in [0.25, 0.3) is 0 Å². The number of allylic oxidation sites excluding steroid dienone is 4. The number of esters is 1. The van der Waals surface area contributed by atoms with Crippen molar-refractivity contribution in [2.24, 2.45) is 0 Å². The van der Waals surface area contributed by atoms with Gasteiger partial charge in [0.2, 0.25) is 0 Å². The van der Waals surface area contributed by atoms with Gasteiger partial charge in [0.15, 0.2) is 0 Å². The van der Waals surface area contributed by atoms with Crippen LogP contribution in [0.5, 0.6) is 0 Å². The van der Waals surface area contributed by atoms with E-state index in [1.54, 1.807) is 0 Å². The summed E-state index contributed by atoms with van der Waals surface area (Å²) in [7, 11) is 1.66. The molecule has 0 aromatic heterocycles. The molecule has 0 aliphatic rings. The van der Waals surface area contributed by atoms with Crippen molar-refractivity contribution in [1.29, 1.82) is 0 Å². The molecule has 0 saturated heterocycles. The molecule has 0 fully saturated rings. The molecule has 0 spiro atoms. The van der Waals surface area contributed by atoms with Crippen LogP contribution in [0.4, 0.5) is 0 Å². The SMILES string of the molecule is CCCCCC/C=C\CCCCCCCCOC[C@H](COP(=O)(O)OCC[N+](C)(C)C)OC(=O)CCCCCCC/C=C\CCCCCC. The lowest BCUT2D eigenvalue weighted by Gasteiger charge is -2.24. The van der Waals surface area contributed by atoms with Crippen molar-refractivity contribution < 1.29 is 37.3 Å². The third kappa shape index (κ3) is 38.1. The lowest BCUT2D eigenvalue weighted by atomic mass is 10.1. The second-order valence-electron chi connectivity index (χ2n) is 14.7. The first kappa shape index (κ1) is 48.0. The molecular weight excluding hydrogens is 637 g/mol. The second kappa shape index (κ2) is 34.1. The Morgan fingerprint density at radius 3 is 1.55 bits per heavy atom. The van der Waals surface area contributed by atoms with Crippen molar-refractivity contribution in [1.82, 2.24) is 0 Å². The summed E-state index contributed by atoms with van der Waals surface area (Å²) in [6.07, 6.45) is 36.3. The zero-order valence-electron chi connectivity index (χ0n) is 32.7. The Bertz CT molecular complexity index is 843. The molecule has 9 heteroatoms. The predicted octanol–water partition coefficient (Wildman–Crippen LogP) is 11.3. The smallest absolute Gasteiger partial charge is 0.457 e. The molecule has 290 valence electrons. The van der Waals surface area contributed by atoms with Crippen LogP contribution in [0.15, 0.2) is 24.3 Å². The summed E-state index contributed by atoms with van der Waals surface area (Å²) in [6.45, 7) is 5.57. The van der Waals surface area contributed by atoms with E-state index in [9.17, 15) is 14.3 Å². The van der Waals surface area contributed by atoms with Crippen LogP contribution in [-0.4, -0.2) is 75.6 Å². The fraction of sp³-hybridized carbons (Fsp3) is 0.875. The molecule has 0 rings (SSSR count). The molecule has 0 bridgehead atoms. The highest BCUT2D eigenvalue weighted by atomic mass is 31.2. The molecular formula is C40H79NO7P+. The molecule has 0 aliphatic heterocycles. The summed E-state index contributed by atoms with van der Waals surface area (Å²) in [6, 6.07) is 0. The first-order valence-electron chi connectivity index (χ1n) is 20.1. The quantitative estimate of drug-likeness (QED) is 0.0225. The van der Waals surface area contributed by atoms with E-state index in [4.69, 9.17) is 18.5 Å². The predicted molar refractivity (Wildman–Crippen MR) is 206 cm³/mol. The lowest BCUT2D eigenvalue weighted by molar-refractivity contribution is -0.870. The maximum atomic E-state index is 12.6. The van der Waals surface area contributed by atoms with E-state index in [0.29, 0.717) is 24.1 Å². The minimum absolute atomic E-state index is 0.0867. The van der Waals surface area contributed by atoms with Crippen LogP contribution < -0.4 is 0 Å². The number of ether oxygens (including phenoxy) is 2. The zero-order chi connectivity index (χ0) is 36.3. The van der Waals surface area contributed by atoms with Gasteiger partial charge in [-0.2, -0.15) is 0 Å². The third-order valence-electron chi connectivity index (χ3n) is 8.49. The molecule has 0 heterocycles. The maximum Gasteiger partial charge on any atom is 0.472 e. The molecule has 2 atom stereocenters. The number of hydrogen-bond donors (Lipinski definition) is 1. The minimum atomic E-state index is -4.27. The van der Waals surface area contributed by atoms with Gasteiger partial charge in [-0.3, -0.25) is 13.8 Å². The van der Waals surface area contributed by atoms with Gasteiger partial charge in [-0.05, 0) is 64.2 Å². The van der Waals surface area contributed by atoms with E-state index in [2.05, 4.69) is 38.2 Å². The highest BCUT2D eigenvalue weighted by molar-refractivity contribution is 7.47. The van der Waals surface area contributed by atoms with E-state index >= 15 is 0 Å². The Labute approximate surface area is 303 Å². The first-order valence-corrected chi connectivity index (χ1v) is 21.6. The number of rotatable bonds is 37. The molecule has 49 heavy (non-hydrogen) atoms. The normalized spacial score (nSPS) is 14.2. The number of carbonyl (C=O) groups excluding carboxylic acids is 1. The number of phosphoric ester groups is 1. The van der Waals surface area contributed by atoms with Crippen LogP contribution in [0.2, 0.25) is 0 Å². The number of carbonyl (C=O) groups is 1. The van der Waals surface area contributed by atoms with Gasteiger partial charge in [-0.1, -0.05) is 122 Å². The average Bonchev–Trinajstić information content (AvgIpc) is 3.04. The van der Waals surface area contributed by atoms with E-state index in [1.807, 2.05) is 21.1 Å². The molecule has 0 aromatic carbocycles. The van der Waals surface area contributed by atoms with Crippen molar-refractivity contribution in [3.8, 4) is 0 Å². The number of hydrogen-bond acceptors (Lipinski definition) is 6. The minimum Gasteiger partial charge on any atom is -0.457 e. The van der Waals surface area contributed by atoms with Crippen LogP contribution in [0, 0.1) is 0 Å². The van der Waals surface area contributed by atoms with Gasteiger partial charge >= 0.3 is 13.8 Å². The summed E-state index contributed by atoms with van der Waals surface area (Å²) < 4.78 is 34.9. The summed E-state index contributed by atoms with van der Waals surface area (Å²) in [4.78, 5) is 22.8. The van der Waals surface area contributed by atoms with Gasteiger partial charge in [-0.15, -0.1) is 0 Å². The molecule has 0 aromatic rings. The van der Waals surface area contributed by atoms with E-state index in [1.165, 1.54) is 103 Å². The lowest BCUT2D eigenvalue weighted by Crippen LogP contribution is -2.37. The molecule has 8 nitrogen and oxygen atoms in total. The number of quaternary nitrogens is 1. The van der Waals surface area contributed by atoms with Crippen LogP contribution in [0.3, 0.4) is 0 Å². The largest absolute Gasteiger partial charge is 0.472 e. The topological polar surface area (TPSA) is 91.3 Å². The Morgan fingerprint density at radius 1 is 0.612 bits per heavy atom. The van der Waals surface area contributed by atoms with Gasteiger partial charge in [0.05, 0.1) is 34.4 Å². The Hall–Kier alpha value is -1.02. The fourth-order valence-electron chi connectivity index (χ4n) is 5.31. The second-order valence-corrected chi connectivity index (χ2v) is 16.1. The Morgan fingerprint density at radius 2 is 1.06 bits per heavy atom. The van der Waals surface area contributed by atoms with Crippen molar-refractivity contribution >= 4 is 13.8 Å². The van der Waals surface area contributed by atoms with Gasteiger partial charge < -0.3 is 18.9 Å². The average molecular weight is 717 g/mol. The number of nitrogens with zero attached hydrogens (tertiary/aromatic N) is 1. The number of unbranched alkanes of at least 4 members (excludes halogenated alkanes) is 19. The zero-order valence-corrected chi connectivity index (χ0v) is 33.6. The van der Waals surface area contributed by atoms with E-state index < -0.39 is 13.9 Å². The molecule has 1 N–H and O–H groups in total. The van der Waals surface area contributed by atoms with E-state index in [-0.39, 0.29) is 25.8 Å². The molecule has 0 radical (unpaired) electrons. The summed E-state index contributed by atoms with van der Waals surface area (Å²) in [5.41, 5.74) is 0. The monoisotopic (exact) mass is 717 g/mol. The maximum absolute atomic E-state index is 12.6. The van der Waals surface area contributed by atoms with Crippen molar-refractivity contribution in [3.05, 3.63) is 24.3 Å². The van der Waals surface area contributed by atoms with Crippen molar-refractivity contribution in [2.45, 2.75) is 174 Å². The summed E-state index contributed by atoms with van der Waals surface area (Å²) >= 11 is 0. The Balaban J connectivity index is 4.30. The highest BCUT2D eigenvalue weighted by Gasteiger charge is 2.26. The molecule has 0 aliphatic carbocycles. The van der Waals surface area contributed by atoms with Crippen molar-refractivity contribution in [2.75, 3.05) is 54.1 Å². The van der Waals surface area contributed by atoms with Crippen LogP contribution in [0.1, 0.15) is 168 Å². The first-order chi connectivity index (χ1) is 23.6. The third-order valence-corrected chi connectivity index (χ3v) is 9.47. The number of phosphoric acid groups is 1. The summed E-state index contributed by atoms with van der Waals surface area (Å²) in [5, 5.41) is 0. The Kier molecular flexibility index (Phi) is 33.4.